The summed E-state index contributed by atoms with van der Waals surface area (Å²) in [6, 6.07) is 8.68. The van der Waals surface area contributed by atoms with Gasteiger partial charge < -0.3 is 10.6 Å². The number of carbonyl (C=O) groups is 1. The van der Waals surface area contributed by atoms with Gasteiger partial charge in [0.25, 0.3) is 0 Å². The number of rotatable bonds is 6. The Kier molecular flexibility index (Phi) is 4.65. The molecule has 9 heteroatoms. The van der Waals surface area contributed by atoms with E-state index in [1.807, 2.05) is 0 Å². The van der Waals surface area contributed by atoms with Crippen LogP contribution in [0.25, 0.3) is 17.0 Å². The fourth-order valence-electron chi connectivity index (χ4n) is 2.56. The van der Waals surface area contributed by atoms with E-state index in [0.717, 1.165) is 6.54 Å². The molecule has 0 atom stereocenters. The van der Waals surface area contributed by atoms with Crippen LogP contribution in [0.5, 0.6) is 0 Å². The zero-order chi connectivity index (χ0) is 18.1. The number of carbonyl (C=O) groups excluding carboxylic acids is 1. The average molecular weight is 391 g/mol. The van der Waals surface area contributed by atoms with E-state index in [9.17, 15) is 4.79 Å². The number of benzene rings is 1. The van der Waals surface area contributed by atoms with E-state index >= 15 is 0 Å². The molecule has 2 heterocycles. The van der Waals surface area contributed by atoms with Crippen LogP contribution in [-0.2, 0) is 4.79 Å². The lowest BCUT2D eigenvalue weighted by Crippen LogP contribution is -2.31. The number of halogens is 2. The highest BCUT2D eigenvalue weighted by Gasteiger charge is 2.21. The highest BCUT2D eigenvalue weighted by molar-refractivity contribution is 6.35. The van der Waals surface area contributed by atoms with E-state index < -0.39 is 0 Å². The Morgan fingerprint density at radius 1 is 1.15 bits per heavy atom. The smallest absolute Gasteiger partial charge is 0.239 e. The van der Waals surface area contributed by atoms with Crippen LogP contribution in [0.3, 0.4) is 0 Å². The highest BCUT2D eigenvalue weighted by atomic mass is 35.5. The Bertz CT molecular complexity index is 949. The topological polar surface area (TPSA) is 84.2 Å². The first-order chi connectivity index (χ1) is 12.6. The van der Waals surface area contributed by atoms with Gasteiger partial charge in [-0.25, -0.2) is 0 Å². The van der Waals surface area contributed by atoms with Gasteiger partial charge in [0.2, 0.25) is 5.91 Å². The summed E-state index contributed by atoms with van der Waals surface area (Å²) in [5.41, 5.74) is 1.29. The second-order valence-corrected chi connectivity index (χ2v) is 7.14. The maximum Gasteiger partial charge on any atom is 0.239 e. The molecule has 1 saturated carbocycles. The van der Waals surface area contributed by atoms with Gasteiger partial charge in [0.1, 0.15) is 5.82 Å². The first-order valence-corrected chi connectivity index (χ1v) is 9.03. The first kappa shape index (κ1) is 17.1. The molecule has 4 rings (SSSR count). The van der Waals surface area contributed by atoms with Gasteiger partial charge in [0.15, 0.2) is 11.5 Å². The Hall–Kier alpha value is -2.38. The minimum atomic E-state index is -0.0515. The quantitative estimate of drug-likeness (QED) is 0.675. The van der Waals surface area contributed by atoms with Gasteiger partial charge in [0.05, 0.1) is 6.54 Å². The monoisotopic (exact) mass is 390 g/mol. The summed E-state index contributed by atoms with van der Waals surface area (Å²) in [4.78, 5) is 11.9. The van der Waals surface area contributed by atoms with E-state index in [2.05, 4.69) is 25.9 Å². The van der Waals surface area contributed by atoms with Crippen LogP contribution in [0.2, 0.25) is 10.0 Å². The standard InChI is InChI=1S/C17H16Cl2N6O/c18-12-5-11(6-13(19)7-12)17-23-22-15-4-3-14(24-25(15)17)20-9-16(26)21-8-10-1-2-10/h3-7,10H,1-2,8-9H2,(H,20,24)(H,21,26). The molecule has 1 amide bonds. The van der Waals surface area contributed by atoms with Crippen LogP contribution < -0.4 is 10.6 Å². The molecule has 1 aromatic carbocycles. The van der Waals surface area contributed by atoms with Crippen LogP contribution in [-0.4, -0.2) is 38.8 Å². The summed E-state index contributed by atoms with van der Waals surface area (Å²) in [7, 11) is 0. The molecular formula is C17H16Cl2N6O. The van der Waals surface area contributed by atoms with E-state index in [0.29, 0.717) is 38.8 Å². The number of fused-ring (bicyclic) bond motifs is 1. The van der Waals surface area contributed by atoms with Crippen molar-refractivity contribution >= 4 is 40.6 Å². The third-order valence-electron chi connectivity index (χ3n) is 4.10. The van der Waals surface area contributed by atoms with Crippen LogP contribution in [0.1, 0.15) is 12.8 Å². The van der Waals surface area contributed by atoms with E-state index in [1.54, 1.807) is 34.8 Å². The Labute approximate surface area is 159 Å². The normalized spacial score (nSPS) is 13.8. The van der Waals surface area contributed by atoms with E-state index in [1.165, 1.54) is 12.8 Å². The molecule has 1 aliphatic rings. The molecule has 0 unspecified atom stereocenters. The molecule has 2 aromatic heterocycles. The minimum absolute atomic E-state index is 0.0515. The van der Waals surface area contributed by atoms with Gasteiger partial charge in [-0.05, 0) is 49.1 Å². The van der Waals surface area contributed by atoms with Crippen molar-refractivity contribution in [1.82, 2.24) is 25.1 Å². The second-order valence-electron chi connectivity index (χ2n) is 6.27. The van der Waals surface area contributed by atoms with E-state index in [4.69, 9.17) is 23.2 Å². The molecule has 0 aliphatic heterocycles. The van der Waals surface area contributed by atoms with Gasteiger partial charge in [-0.2, -0.15) is 4.52 Å². The average Bonchev–Trinajstić information content (AvgIpc) is 3.34. The summed E-state index contributed by atoms with van der Waals surface area (Å²) in [5.74, 6) is 1.67. The molecular weight excluding hydrogens is 375 g/mol. The molecule has 0 bridgehead atoms. The van der Waals surface area contributed by atoms with Gasteiger partial charge in [0, 0.05) is 22.2 Å². The maximum absolute atomic E-state index is 11.9. The van der Waals surface area contributed by atoms with Gasteiger partial charge in [-0.1, -0.05) is 23.2 Å². The maximum atomic E-state index is 11.9. The molecule has 7 nitrogen and oxygen atoms in total. The van der Waals surface area contributed by atoms with Crippen LogP contribution >= 0.6 is 23.2 Å². The van der Waals surface area contributed by atoms with Crippen molar-refractivity contribution in [2.24, 2.45) is 5.92 Å². The van der Waals surface area contributed by atoms with Crippen molar-refractivity contribution in [3.8, 4) is 11.4 Å². The zero-order valence-corrected chi connectivity index (χ0v) is 15.3. The fourth-order valence-corrected chi connectivity index (χ4v) is 3.09. The lowest BCUT2D eigenvalue weighted by molar-refractivity contribution is -0.119. The van der Waals surface area contributed by atoms with Gasteiger partial charge >= 0.3 is 0 Å². The number of amides is 1. The predicted octanol–water partition coefficient (Wildman–Crippen LogP) is 3.04. The van der Waals surface area contributed by atoms with Crippen molar-refractivity contribution in [2.75, 3.05) is 18.4 Å². The summed E-state index contributed by atoms with van der Waals surface area (Å²) in [5, 5.41) is 19.7. The lowest BCUT2D eigenvalue weighted by atomic mass is 10.2. The zero-order valence-electron chi connectivity index (χ0n) is 13.7. The van der Waals surface area contributed by atoms with Gasteiger partial charge in [-0.3, -0.25) is 4.79 Å². The molecule has 1 aliphatic carbocycles. The van der Waals surface area contributed by atoms with Crippen molar-refractivity contribution < 1.29 is 4.79 Å². The number of hydrogen-bond donors (Lipinski definition) is 2. The van der Waals surface area contributed by atoms with Crippen LogP contribution in [0.15, 0.2) is 30.3 Å². The fraction of sp³-hybridized carbons (Fsp3) is 0.294. The molecule has 1 fully saturated rings. The summed E-state index contributed by atoms with van der Waals surface area (Å²) in [6.45, 7) is 0.907. The largest absolute Gasteiger partial charge is 0.360 e. The Morgan fingerprint density at radius 2 is 1.92 bits per heavy atom. The lowest BCUT2D eigenvalue weighted by Gasteiger charge is -2.07. The molecule has 26 heavy (non-hydrogen) atoms. The molecule has 0 saturated heterocycles. The predicted molar refractivity (Wildman–Crippen MR) is 100 cm³/mol. The Balaban J connectivity index is 1.53. The molecule has 134 valence electrons. The van der Waals surface area contributed by atoms with Gasteiger partial charge in [-0.15, -0.1) is 15.3 Å². The van der Waals surface area contributed by atoms with Crippen LogP contribution in [0.4, 0.5) is 5.82 Å². The molecule has 0 spiro atoms. The number of nitrogens with zero attached hydrogens (tertiary/aromatic N) is 4. The number of aromatic nitrogens is 4. The SMILES string of the molecule is O=C(CNc1ccc2nnc(-c3cc(Cl)cc(Cl)c3)n2n1)NCC1CC1. The molecule has 0 radical (unpaired) electrons. The van der Waals surface area contributed by atoms with Crippen LogP contribution in [0, 0.1) is 5.92 Å². The number of hydrogen-bond acceptors (Lipinski definition) is 5. The summed E-state index contributed by atoms with van der Waals surface area (Å²) >= 11 is 12.1. The first-order valence-electron chi connectivity index (χ1n) is 8.28. The van der Waals surface area contributed by atoms with Crippen molar-refractivity contribution in [3.05, 3.63) is 40.4 Å². The third kappa shape index (κ3) is 3.89. The number of anilines is 1. The minimum Gasteiger partial charge on any atom is -0.360 e. The molecule has 3 aromatic rings. The second kappa shape index (κ2) is 7.09. The summed E-state index contributed by atoms with van der Waals surface area (Å²) < 4.78 is 1.59. The number of nitrogens with one attached hydrogen (secondary N) is 2. The highest BCUT2D eigenvalue weighted by Crippen LogP contribution is 2.27. The third-order valence-corrected chi connectivity index (χ3v) is 4.53. The summed E-state index contributed by atoms with van der Waals surface area (Å²) in [6.07, 6.45) is 2.41. The molecule has 2 N–H and O–H groups in total. The Morgan fingerprint density at radius 3 is 2.65 bits per heavy atom. The van der Waals surface area contributed by atoms with E-state index in [-0.39, 0.29) is 12.5 Å². The van der Waals surface area contributed by atoms with Crippen molar-refractivity contribution in [2.45, 2.75) is 12.8 Å². The van der Waals surface area contributed by atoms with Crippen molar-refractivity contribution in [1.29, 1.82) is 0 Å². The van der Waals surface area contributed by atoms with Crippen molar-refractivity contribution in [3.63, 3.8) is 0 Å².